The molecule has 0 spiro atoms. The third-order valence-corrected chi connectivity index (χ3v) is 4.64. The van der Waals surface area contributed by atoms with E-state index < -0.39 is 0 Å². The molecule has 2 saturated carbocycles. The Bertz CT molecular complexity index is 379. The quantitative estimate of drug-likeness (QED) is 0.578. The molecule has 0 unspecified atom stereocenters. The highest BCUT2D eigenvalue weighted by molar-refractivity contribution is 5.78. The van der Waals surface area contributed by atoms with Crippen molar-refractivity contribution in [1.82, 2.24) is 0 Å². The molecule has 0 amide bonds. The number of rotatable bonds is 4. The zero-order valence-electron chi connectivity index (χ0n) is 12.7. The highest BCUT2D eigenvalue weighted by Gasteiger charge is 2.61. The lowest BCUT2D eigenvalue weighted by Gasteiger charge is -2.19. The molecule has 3 heteroatoms. The maximum absolute atomic E-state index is 12.3. The summed E-state index contributed by atoms with van der Waals surface area (Å²) in [4.78, 5) is 12.3. The van der Waals surface area contributed by atoms with E-state index >= 15 is 0 Å². The van der Waals surface area contributed by atoms with E-state index in [9.17, 15) is 4.79 Å². The van der Waals surface area contributed by atoms with Crippen LogP contribution in [0.5, 0.6) is 0 Å². The second-order valence-corrected chi connectivity index (χ2v) is 6.75. The average molecular weight is 266 g/mol. The molecule has 0 aromatic carbocycles. The monoisotopic (exact) mass is 266 g/mol. The average Bonchev–Trinajstić information content (AvgIpc) is 2.69. The maximum atomic E-state index is 12.3. The number of hydrogen-bond acceptors (Lipinski definition) is 3. The van der Waals surface area contributed by atoms with Crippen LogP contribution in [0.3, 0.4) is 0 Å². The van der Waals surface area contributed by atoms with Crippen LogP contribution in [-0.4, -0.2) is 25.3 Å². The van der Waals surface area contributed by atoms with E-state index in [-0.39, 0.29) is 29.5 Å². The van der Waals surface area contributed by atoms with Crippen LogP contribution in [-0.2, 0) is 14.3 Å². The Morgan fingerprint density at radius 1 is 1.21 bits per heavy atom. The van der Waals surface area contributed by atoms with Gasteiger partial charge < -0.3 is 9.47 Å². The van der Waals surface area contributed by atoms with E-state index in [4.69, 9.17) is 9.47 Å². The van der Waals surface area contributed by atoms with Crippen molar-refractivity contribution in [2.75, 3.05) is 7.11 Å². The van der Waals surface area contributed by atoms with Crippen LogP contribution in [0.1, 0.15) is 47.0 Å². The van der Waals surface area contributed by atoms with Gasteiger partial charge in [-0.05, 0) is 44.4 Å². The first-order chi connectivity index (χ1) is 8.87. The number of allylic oxidation sites excluding steroid dienone is 2. The van der Waals surface area contributed by atoms with Gasteiger partial charge in [-0.15, -0.1) is 0 Å². The largest absolute Gasteiger partial charge is 0.459 e. The van der Waals surface area contributed by atoms with Gasteiger partial charge in [-0.3, -0.25) is 4.79 Å². The van der Waals surface area contributed by atoms with Gasteiger partial charge in [-0.2, -0.15) is 0 Å². The normalized spacial score (nSPS) is 35.8. The Labute approximate surface area is 116 Å². The highest BCUT2D eigenvalue weighted by Crippen LogP contribution is 2.60. The van der Waals surface area contributed by atoms with Gasteiger partial charge >= 0.3 is 5.97 Å². The van der Waals surface area contributed by atoms with Crippen LogP contribution in [0, 0.1) is 17.3 Å². The van der Waals surface area contributed by atoms with Crippen LogP contribution in [0.15, 0.2) is 11.6 Å². The molecule has 2 aliphatic carbocycles. The van der Waals surface area contributed by atoms with Crippen molar-refractivity contribution in [2.45, 2.75) is 59.2 Å². The summed E-state index contributed by atoms with van der Waals surface area (Å²) in [7, 11) is 1.70. The van der Waals surface area contributed by atoms with Gasteiger partial charge in [0.05, 0.1) is 12.0 Å². The van der Waals surface area contributed by atoms with Gasteiger partial charge in [-0.1, -0.05) is 25.5 Å². The molecule has 0 aromatic rings. The third kappa shape index (κ3) is 2.86. The van der Waals surface area contributed by atoms with Crippen LogP contribution in [0.25, 0.3) is 0 Å². The number of carbonyl (C=O) groups excluding carboxylic acids is 1. The summed E-state index contributed by atoms with van der Waals surface area (Å²) in [5.74, 6) is 0.300. The van der Waals surface area contributed by atoms with Gasteiger partial charge in [0.25, 0.3) is 0 Å². The Balaban J connectivity index is 1.96. The molecule has 108 valence electrons. The predicted octanol–water partition coefficient (Wildman–Crippen LogP) is 3.34. The lowest BCUT2D eigenvalue weighted by Crippen LogP contribution is -2.29. The van der Waals surface area contributed by atoms with E-state index in [0.717, 1.165) is 19.3 Å². The van der Waals surface area contributed by atoms with E-state index in [1.807, 2.05) is 0 Å². The summed E-state index contributed by atoms with van der Waals surface area (Å²) in [6, 6.07) is 0. The van der Waals surface area contributed by atoms with Gasteiger partial charge in [0.15, 0.2) is 0 Å². The number of carbonyl (C=O) groups is 1. The Kier molecular flexibility index (Phi) is 4.05. The zero-order chi connectivity index (χ0) is 14.2. The van der Waals surface area contributed by atoms with Crippen LogP contribution < -0.4 is 0 Å². The lowest BCUT2D eigenvalue weighted by molar-refractivity contribution is -0.156. The Morgan fingerprint density at radius 2 is 1.84 bits per heavy atom. The molecule has 2 fully saturated rings. The van der Waals surface area contributed by atoms with Crippen LogP contribution >= 0.6 is 0 Å². The second-order valence-electron chi connectivity index (χ2n) is 6.75. The van der Waals surface area contributed by atoms with Crippen molar-refractivity contribution in [3.05, 3.63) is 11.6 Å². The van der Waals surface area contributed by atoms with E-state index in [1.165, 1.54) is 5.57 Å². The summed E-state index contributed by atoms with van der Waals surface area (Å²) in [6.45, 7) is 8.44. The molecule has 0 heterocycles. The fourth-order valence-electron chi connectivity index (χ4n) is 3.32. The molecule has 0 aromatic heterocycles. The van der Waals surface area contributed by atoms with Gasteiger partial charge in [-0.25, -0.2) is 0 Å². The lowest BCUT2D eigenvalue weighted by atomic mass is 10.1. The second kappa shape index (κ2) is 5.28. The topological polar surface area (TPSA) is 35.5 Å². The molecule has 2 aliphatic rings. The summed E-state index contributed by atoms with van der Waals surface area (Å²) < 4.78 is 11.1. The van der Waals surface area contributed by atoms with Gasteiger partial charge in [0.2, 0.25) is 0 Å². The van der Waals surface area contributed by atoms with Crippen molar-refractivity contribution in [2.24, 2.45) is 17.3 Å². The number of ether oxygens (including phenoxy) is 2. The molecule has 0 N–H and O–H groups in total. The minimum Gasteiger partial charge on any atom is -0.459 e. The zero-order valence-corrected chi connectivity index (χ0v) is 12.7. The summed E-state index contributed by atoms with van der Waals surface area (Å²) in [5, 5.41) is 0. The Morgan fingerprint density at radius 3 is 2.42 bits per heavy atom. The van der Waals surface area contributed by atoms with E-state index in [2.05, 4.69) is 33.8 Å². The smallest absolute Gasteiger partial charge is 0.310 e. The predicted molar refractivity (Wildman–Crippen MR) is 74.7 cm³/mol. The van der Waals surface area contributed by atoms with Gasteiger partial charge in [0.1, 0.15) is 6.10 Å². The number of hydrogen-bond donors (Lipinski definition) is 0. The molecule has 0 saturated heterocycles. The summed E-state index contributed by atoms with van der Waals surface area (Å²) in [5.41, 5.74) is 1.30. The maximum Gasteiger partial charge on any atom is 0.310 e. The van der Waals surface area contributed by atoms with Crippen molar-refractivity contribution >= 4 is 5.97 Å². The first kappa shape index (κ1) is 14.6. The van der Waals surface area contributed by atoms with Crippen LogP contribution in [0.4, 0.5) is 0 Å². The Hall–Kier alpha value is -0.830. The third-order valence-electron chi connectivity index (χ3n) is 4.64. The summed E-state index contributed by atoms with van der Waals surface area (Å²) in [6.07, 6.45) is 5.27. The molecule has 0 aliphatic heterocycles. The fourth-order valence-corrected chi connectivity index (χ4v) is 3.32. The van der Waals surface area contributed by atoms with Crippen molar-refractivity contribution in [3.8, 4) is 0 Å². The molecule has 3 nitrogen and oxygen atoms in total. The molecular weight excluding hydrogens is 240 g/mol. The molecular formula is C16H26O3. The number of methoxy groups -OCH3 is 1. The van der Waals surface area contributed by atoms with E-state index in [1.54, 1.807) is 7.11 Å². The molecule has 0 bridgehead atoms. The molecule has 0 radical (unpaired) electrons. The molecule has 2 rings (SSSR count). The SMILES string of the molecule is CO[C@@H]1CCC[C@@H]1OC(=O)[C@@H]1[C@H](C=C(C)C)C1(C)C. The fraction of sp³-hybridized carbons (Fsp3) is 0.812. The number of esters is 1. The minimum absolute atomic E-state index is 0.0144. The first-order valence-electron chi connectivity index (χ1n) is 7.26. The van der Waals surface area contributed by atoms with Crippen molar-refractivity contribution < 1.29 is 14.3 Å². The van der Waals surface area contributed by atoms with Crippen molar-refractivity contribution in [3.63, 3.8) is 0 Å². The van der Waals surface area contributed by atoms with E-state index in [0.29, 0.717) is 5.92 Å². The highest BCUT2D eigenvalue weighted by atomic mass is 16.6. The standard InChI is InChI=1S/C16H26O3/c1-10(2)9-11-14(16(11,3)4)15(17)19-13-8-6-7-12(13)18-5/h9,11-14H,6-8H2,1-5H3/t11-,12+,13-,14-/m0/s1. The molecule has 4 atom stereocenters. The first-order valence-corrected chi connectivity index (χ1v) is 7.26. The minimum atomic E-state index is -0.0405. The van der Waals surface area contributed by atoms with Crippen LogP contribution in [0.2, 0.25) is 0 Å². The van der Waals surface area contributed by atoms with Crippen molar-refractivity contribution in [1.29, 1.82) is 0 Å². The molecule has 19 heavy (non-hydrogen) atoms. The van der Waals surface area contributed by atoms with Gasteiger partial charge in [0, 0.05) is 7.11 Å². The summed E-state index contributed by atoms with van der Waals surface area (Å²) >= 11 is 0.